The molecule has 0 aromatic heterocycles. The molecule has 0 amide bonds. The van der Waals surface area contributed by atoms with Gasteiger partial charge in [-0.25, -0.2) is 4.57 Å². The maximum absolute atomic E-state index is 12.5. The summed E-state index contributed by atoms with van der Waals surface area (Å²) >= 11 is 0. The molecule has 0 aromatic rings. The largest absolute Gasteiger partial charge is 0.472 e. The highest BCUT2D eigenvalue weighted by Gasteiger charge is 2.25. The molecule has 0 radical (unpaired) electrons. The Morgan fingerprint density at radius 1 is 0.585 bits per heavy atom. The molecule has 0 saturated heterocycles. The van der Waals surface area contributed by atoms with Gasteiger partial charge in [-0.15, -0.1) is 0 Å². The Bertz CT molecular complexity index is 1180. The first kappa shape index (κ1) is 49.9. The summed E-state index contributed by atoms with van der Waals surface area (Å²) in [6.07, 6.45) is 48.8. The molecule has 0 aliphatic heterocycles. The summed E-state index contributed by atoms with van der Waals surface area (Å²) in [4.78, 5) is 34.7. The van der Waals surface area contributed by atoms with Crippen LogP contribution in [-0.2, 0) is 32.7 Å². The average Bonchev–Trinajstić information content (AvgIpc) is 3.14. The number of carbonyl (C=O) groups excluding carboxylic acids is 2. The van der Waals surface area contributed by atoms with Crippen LogP contribution in [-0.4, -0.2) is 49.3 Å². The molecule has 0 fully saturated rings. The molecule has 300 valence electrons. The van der Waals surface area contributed by atoms with Crippen molar-refractivity contribution >= 4 is 19.8 Å². The summed E-state index contributed by atoms with van der Waals surface area (Å²) < 4.78 is 32.6. The molecule has 0 spiro atoms. The van der Waals surface area contributed by atoms with Gasteiger partial charge in [0, 0.05) is 19.4 Å². The van der Waals surface area contributed by atoms with Gasteiger partial charge in [0.25, 0.3) is 0 Å². The predicted octanol–water partition coefficient (Wildman–Crippen LogP) is 11.0. The molecule has 0 aromatic carbocycles. The summed E-state index contributed by atoms with van der Waals surface area (Å²) in [5, 5.41) is 0. The fourth-order valence-electron chi connectivity index (χ4n) is 4.56. The second kappa shape index (κ2) is 38.6. The van der Waals surface area contributed by atoms with Gasteiger partial charge in [-0.05, 0) is 89.9 Å². The summed E-state index contributed by atoms with van der Waals surface area (Å²) in [5.41, 5.74) is 5.33. The first-order valence-electron chi connectivity index (χ1n) is 19.7. The molecular weight excluding hydrogens is 689 g/mol. The van der Waals surface area contributed by atoms with E-state index in [1.54, 1.807) is 0 Å². The molecule has 3 N–H and O–H groups in total. The van der Waals surface area contributed by atoms with Crippen LogP contribution in [0, 0.1) is 0 Å². The average molecular weight is 760 g/mol. The number of esters is 2. The molecule has 9 nitrogen and oxygen atoms in total. The summed E-state index contributed by atoms with van der Waals surface area (Å²) in [7, 11) is -4.40. The Balaban J connectivity index is 4.41. The van der Waals surface area contributed by atoms with Crippen LogP contribution in [0.5, 0.6) is 0 Å². The standard InChI is InChI=1S/C43H70NO8P/c1-3-5-7-9-11-13-15-17-19-20-22-24-26-28-30-32-34-36-43(46)52-41(40-51-53(47,48)50-38-37-44)39-49-42(45)35-33-31-29-27-25-23-21-18-16-14-12-10-8-6-4-2/h6,8,11-14,17-19,21-22,24-25,27-28,30,41H,3-5,7,9-10,15-16,20,23,26,29,31-40,44H2,1-2H3,(H,47,48)/b8-6-,13-11-,14-12-,19-17-,21-18-,24-22-,27-25-,30-28-/t41-/m1/s1. The van der Waals surface area contributed by atoms with Crippen LogP contribution in [0.25, 0.3) is 0 Å². The van der Waals surface area contributed by atoms with Crippen LogP contribution in [0.2, 0.25) is 0 Å². The highest BCUT2D eigenvalue weighted by atomic mass is 31.2. The van der Waals surface area contributed by atoms with Gasteiger partial charge in [0.05, 0.1) is 13.2 Å². The topological polar surface area (TPSA) is 134 Å². The van der Waals surface area contributed by atoms with E-state index in [0.29, 0.717) is 19.3 Å². The highest BCUT2D eigenvalue weighted by molar-refractivity contribution is 7.47. The third kappa shape index (κ3) is 38.5. The van der Waals surface area contributed by atoms with E-state index in [-0.39, 0.29) is 32.6 Å². The molecular formula is C43H70NO8P. The highest BCUT2D eigenvalue weighted by Crippen LogP contribution is 2.43. The lowest BCUT2D eigenvalue weighted by Gasteiger charge is -2.19. The van der Waals surface area contributed by atoms with Gasteiger partial charge in [-0.3, -0.25) is 18.6 Å². The van der Waals surface area contributed by atoms with Crippen molar-refractivity contribution in [1.82, 2.24) is 0 Å². The first-order valence-corrected chi connectivity index (χ1v) is 21.2. The Morgan fingerprint density at radius 2 is 1.04 bits per heavy atom. The first-order chi connectivity index (χ1) is 25.8. The number of phosphoric acid groups is 1. The van der Waals surface area contributed by atoms with E-state index >= 15 is 0 Å². The van der Waals surface area contributed by atoms with Gasteiger partial charge in [-0.1, -0.05) is 124 Å². The fourth-order valence-corrected chi connectivity index (χ4v) is 5.32. The van der Waals surface area contributed by atoms with E-state index in [0.717, 1.165) is 64.2 Å². The molecule has 2 atom stereocenters. The van der Waals surface area contributed by atoms with E-state index in [1.165, 1.54) is 19.3 Å². The number of nitrogens with two attached hydrogens (primary N) is 1. The summed E-state index contributed by atoms with van der Waals surface area (Å²) in [6, 6.07) is 0. The van der Waals surface area contributed by atoms with Crippen LogP contribution < -0.4 is 5.73 Å². The summed E-state index contributed by atoms with van der Waals surface area (Å²) in [5.74, 6) is -0.956. The second-order valence-electron chi connectivity index (χ2n) is 12.4. The van der Waals surface area contributed by atoms with E-state index in [9.17, 15) is 19.0 Å². The van der Waals surface area contributed by atoms with Gasteiger partial charge < -0.3 is 20.1 Å². The number of rotatable bonds is 35. The molecule has 0 aliphatic rings. The van der Waals surface area contributed by atoms with Crippen molar-refractivity contribution in [3.63, 3.8) is 0 Å². The number of hydrogen-bond donors (Lipinski definition) is 2. The zero-order chi connectivity index (χ0) is 38.9. The fraction of sp³-hybridized carbons (Fsp3) is 0.581. The molecule has 0 saturated carbocycles. The maximum Gasteiger partial charge on any atom is 0.472 e. The summed E-state index contributed by atoms with van der Waals surface area (Å²) in [6.45, 7) is 3.44. The third-order valence-electron chi connectivity index (χ3n) is 7.45. The van der Waals surface area contributed by atoms with Gasteiger partial charge in [-0.2, -0.15) is 0 Å². The monoisotopic (exact) mass is 759 g/mol. The number of hydrogen-bond acceptors (Lipinski definition) is 8. The van der Waals surface area contributed by atoms with Crippen molar-refractivity contribution in [3.8, 4) is 0 Å². The lowest BCUT2D eigenvalue weighted by Crippen LogP contribution is -2.29. The van der Waals surface area contributed by atoms with Crippen LogP contribution >= 0.6 is 7.82 Å². The minimum Gasteiger partial charge on any atom is -0.462 e. The van der Waals surface area contributed by atoms with E-state index in [2.05, 4.69) is 105 Å². The van der Waals surface area contributed by atoms with Crippen molar-refractivity contribution in [3.05, 3.63) is 97.2 Å². The van der Waals surface area contributed by atoms with Crippen molar-refractivity contribution in [2.45, 2.75) is 136 Å². The van der Waals surface area contributed by atoms with Crippen LogP contribution in [0.1, 0.15) is 129 Å². The number of unbranched alkanes of at least 4 members (excludes halogenated alkanes) is 6. The van der Waals surface area contributed by atoms with Crippen molar-refractivity contribution < 1.29 is 37.6 Å². The minimum absolute atomic E-state index is 0.0334. The molecule has 10 heteroatoms. The molecule has 53 heavy (non-hydrogen) atoms. The Kier molecular flexibility index (Phi) is 36.4. The Labute approximate surface area is 321 Å². The van der Waals surface area contributed by atoms with Crippen molar-refractivity contribution in [1.29, 1.82) is 0 Å². The lowest BCUT2D eigenvalue weighted by atomic mass is 10.2. The van der Waals surface area contributed by atoms with Gasteiger partial charge in [0.2, 0.25) is 0 Å². The van der Waals surface area contributed by atoms with Crippen molar-refractivity contribution in [2.24, 2.45) is 5.73 Å². The van der Waals surface area contributed by atoms with E-state index in [4.69, 9.17) is 24.3 Å². The SMILES string of the molecule is CC/C=C\C/C=C\C/C=C\C/C=C\CCCCC(=O)OC[C@H](COP(=O)(O)OCCN)OC(=O)CCC/C=C\C/C=C\C/C=C\C/C=C\CCCCC. The van der Waals surface area contributed by atoms with E-state index < -0.39 is 32.5 Å². The van der Waals surface area contributed by atoms with Gasteiger partial charge in [0.1, 0.15) is 6.61 Å². The van der Waals surface area contributed by atoms with Crippen LogP contribution in [0.15, 0.2) is 97.2 Å². The molecule has 0 heterocycles. The number of ether oxygens (including phenoxy) is 2. The molecule has 0 aliphatic carbocycles. The lowest BCUT2D eigenvalue weighted by molar-refractivity contribution is -0.161. The van der Waals surface area contributed by atoms with E-state index in [1.807, 2.05) is 6.08 Å². The van der Waals surface area contributed by atoms with Crippen LogP contribution in [0.4, 0.5) is 0 Å². The van der Waals surface area contributed by atoms with Gasteiger partial charge >= 0.3 is 19.8 Å². The predicted molar refractivity (Wildman–Crippen MR) is 219 cm³/mol. The molecule has 0 bridgehead atoms. The zero-order valence-electron chi connectivity index (χ0n) is 32.7. The quantitative estimate of drug-likeness (QED) is 0.0280. The number of carbonyl (C=O) groups is 2. The number of phosphoric ester groups is 1. The molecule has 0 rings (SSSR count). The molecule has 1 unspecified atom stereocenters. The Morgan fingerprint density at radius 3 is 1.53 bits per heavy atom. The minimum atomic E-state index is -4.40. The van der Waals surface area contributed by atoms with Crippen LogP contribution in [0.3, 0.4) is 0 Å². The zero-order valence-corrected chi connectivity index (χ0v) is 33.6. The Hall–Kier alpha value is -3.07. The van der Waals surface area contributed by atoms with Crippen molar-refractivity contribution in [2.75, 3.05) is 26.4 Å². The normalized spacial score (nSPS) is 14.4. The third-order valence-corrected chi connectivity index (χ3v) is 8.44. The number of allylic oxidation sites excluding steroid dienone is 16. The van der Waals surface area contributed by atoms with Gasteiger partial charge in [0.15, 0.2) is 6.10 Å². The second-order valence-corrected chi connectivity index (χ2v) is 13.9. The smallest absolute Gasteiger partial charge is 0.462 e. The maximum atomic E-state index is 12.5.